The summed E-state index contributed by atoms with van der Waals surface area (Å²) in [6.07, 6.45) is 1.92. The molecule has 0 aliphatic heterocycles. The minimum absolute atomic E-state index is 0.131. The summed E-state index contributed by atoms with van der Waals surface area (Å²) < 4.78 is 0. The van der Waals surface area contributed by atoms with Crippen LogP contribution in [0.15, 0.2) is 60.8 Å². The van der Waals surface area contributed by atoms with E-state index in [0.29, 0.717) is 23.6 Å². The number of aromatic nitrogens is 1. The van der Waals surface area contributed by atoms with Gasteiger partial charge in [0.2, 0.25) is 5.91 Å². The topological polar surface area (TPSA) is 120 Å². The molecular formula is C25H30N4O3. The zero-order valence-electron chi connectivity index (χ0n) is 18.4. The van der Waals surface area contributed by atoms with Crippen LogP contribution in [0, 0.1) is 6.92 Å². The maximum Gasteiger partial charge on any atom is 0.228 e. The molecule has 7 nitrogen and oxygen atoms in total. The lowest BCUT2D eigenvalue weighted by Crippen LogP contribution is -2.32. The van der Waals surface area contributed by atoms with Gasteiger partial charge in [-0.2, -0.15) is 0 Å². The van der Waals surface area contributed by atoms with Crippen LogP contribution in [0.2, 0.25) is 0 Å². The number of nitrogens with one attached hydrogen (secondary N) is 2. The average Bonchev–Trinajstić information content (AvgIpc) is 2.75. The van der Waals surface area contributed by atoms with Crippen LogP contribution in [0.4, 0.5) is 11.5 Å². The first kappa shape index (κ1) is 23.2. The first-order valence-corrected chi connectivity index (χ1v) is 10.6. The second kappa shape index (κ2) is 10.7. The van der Waals surface area contributed by atoms with E-state index in [1.54, 1.807) is 43.5 Å². The van der Waals surface area contributed by atoms with Gasteiger partial charge in [-0.1, -0.05) is 36.4 Å². The number of phenolic OH excluding ortho intramolecular Hbond substituents is 1. The third kappa shape index (κ3) is 6.80. The van der Waals surface area contributed by atoms with Gasteiger partial charge < -0.3 is 26.6 Å². The van der Waals surface area contributed by atoms with Gasteiger partial charge in [-0.15, -0.1) is 0 Å². The molecule has 0 saturated carbocycles. The summed E-state index contributed by atoms with van der Waals surface area (Å²) in [5, 5.41) is 26.3. The molecule has 1 amide bonds. The molecule has 0 radical (unpaired) electrons. The lowest BCUT2D eigenvalue weighted by atomic mass is 10.0. The van der Waals surface area contributed by atoms with Crippen LogP contribution >= 0.6 is 0 Å². The molecule has 3 rings (SSSR count). The summed E-state index contributed by atoms with van der Waals surface area (Å²) in [6.45, 7) is 4.26. The Balaban J connectivity index is 1.50. The fourth-order valence-corrected chi connectivity index (χ4v) is 3.41. The van der Waals surface area contributed by atoms with Gasteiger partial charge in [-0.05, 0) is 49.1 Å². The summed E-state index contributed by atoms with van der Waals surface area (Å²) in [5.41, 5.74) is 9.65. The SMILES string of the molecule is Cc1ccc(NC(=O)Cc2cccc(C[C@@H](C)NC[C@H](O)c3ccc(N)nc3)c2)cc1O. The van der Waals surface area contributed by atoms with Crippen molar-refractivity contribution in [1.82, 2.24) is 10.3 Å². The van der Waals surface area contributed by atoms with E-state index in [1.807, 2.05) is 24.3 Å². The summed E-state index contributed by atoms with van der Waals surface area (Å²) in [7, 11) is 0. The number of aryl methyl sites for hydroxylation is 1. The van der Waals surface area contributed by atoms with Crippen LogP contribution in [0.5, 0.6) is 5.75 Å². The van der Waals surface area contributed by atoms with Crippen LogP contribution < -0.4 is 16.4 Å². The Morgan fingerprint density at radius 1 is 1.12 bits per heavy atom. The number of nitrogen functional groups attached to an aromatic ring is 1. The number of carbonyl (C=O) groups excluding carboxylic acids is 1. The zero-order chi connectivity index (χ0) is 23.1. The Morgan fingerprint density at radius 3 is 2.62 bits per heavy atom. The molecule has 0 unspecified atom stereocenters. The van der Waals surface area contributed by atoms with Crippen molar-refractivity contribution in [2.45, 2.75) is 38.8 Å². The molecule has 168 valence electrons. The highest BCUT2D eigenvalue weighted by Crippen LogP contribution is 2.21. The van der Waals surface area contributed by atoms with E-state index < -0.39 is 6.10 Å². The van der Waals surface area contributed by atoms with Gasteiger partial charge in [0.15, 0.2) is 0 Å². The molecule has 0 spiro atoms. The quantitative estimate of drug-likeness (QED) is 0.353. The van der Waals surface area contributed by atoms with E-state index in [2.05, 4.69) is 22.5 Å². The minimum atomic E-state index is -0.665. The third-order valence-electron chi connectivity index (χ3n) is 5.24. The number of nitrogens with zero attached hydrogens (tertiary/aromatic N) is 1. The molecule has 2 aromatic carbocycles. The monoisotopic (exact) mass is 434 g/mol. The van der Waals surface area contributed by atoms with E-state index in [-0.39, 0.29) is 24.1 Å². The highest BCUT2D eigenvalue weighted by molar-refractivity contribution is 5.92. The second-order valence-corrected chi connectivity index (χ2v) is 8.09. The normalized spacial score (nSPS) is 12.8. The molecule has 7 heteroatoms. The lowest BCUT2D eigenvalue weighted by molar-refractivity contribution is -0.115. The smallest absolute Gasteiger partial charge is 0.228 e. The molecule has 1 aromatic heterocycles. The standard InChI is InChI=1S/C25H30N4O3/c1-16-6-8-21(13-22(16)30)29-25(32)12-19-5-3-4-18(11-19)10-17(2)27-15-23(31)20-7-9-24(26)28-14-20/h3-9,11,13-14,17,23,27,30-31H,10,12,15H2,1-2H3,(H2,26,28)(H,29,32)/t17-,23+/m1/s1. The molecule has 0 fully saturated rings. The minimum Gasteiger partial charge on any atom is -0.508 e. The molecule has 3 aromatic rings. The summed E-state index contributed by atoms with van der Waals surface area (Å²) in [5.74, 6) is 0.439. The maximum atomic E-state index is 12.4. The van der Waals surface area contributed by atoms with E-state index in [4.69, 9.17) is 5.73 Å². The van der Waals surface area contributed by atoms with Gasteiger partial charge in [0.25, 0.3) is 0 Å². The number of phenols is 1. The number of carbonyl (C=O) groups is 1. The number of benzene rings is 2. The number of hydrogen-bond acceptors (Lipinski definition) is 6. The van der Waals surface area contributed by atoms with Crippen LogP contribution in [-0.2, 0) is 17.6 Å². The summed E-state index contributed by atoms with van der Waals surface area (Å²) >= 11 is 0. The van der Waals surface area contributed by atoms with E-state index in [9.17, 15) is 15.0 Å². The number of aliphatic hydroxyl groups excluding tert-OH is 1. The van der Waals surface area contributed by atoms with Crippen molar-refractivity contribution in [3.05, 3.63) is 83.0 Å². The van der Waals surface area contributed by atoms with Crippen molar-refractivity contribution in [2.24, 2.45) is 0 Å². The highest BCUT2D eigenvalue weighted by Gasteiger charge is 2.11. The molecule has 0 saturated heterocycles. The number of pyridine rings is 1. The lowest BCUT2D eigenvalue weighted by Gasteiger charge is -2.18. The molecule has 0 aliphatic rings. The van der Waals surface area contributed by atoms with Gasteiger partial charge in [0.05, 0.1) is 12.5 Å². The first-order chi connectivity index (χ1) is 15.3. The highest BCUT2D eigenvalue weighted by atomic mass is 16.3. The number of nitrogens with two attached hydrogens (primary N) is 1. The number of anilines is 2. The Hall–Kier alpha value is -3.42. The van der Waals surface area contributed by atoms with Crippen LogP contribution in [0.3, 0.4) is 0 Å². The third-order valence-corrected chi connectivity index (χ3v) is 5.24. The van der Waals surface area contributed by atoms with E-state index >= 15 is 0 Å². The molecule has 32 heavy (non-hydrogen) atoms. The van der Waals surface area contributed by atoms with Crippen molar-refractivity contribution in [3.63, 3.8) is 0 Å². The second-order valence-electron chi connectivity index (χ2n) is 8.09. The molecule has 6 N–H and O–H groups in total. The van der Waals surface area contributed by atoms with Crippen molar-refractivity contribution < 1.29 is 15.0 Å². The van der Waals surface area contributed by atoms with Crippen LogP contribution in [-0.4, -0.2) is 33.7 Å². The fourth-order valence-electron chi connectivity index (χ4n) is 3.41. The zero-order valence-corrected chi connectivity index (χ0v) is 18.4. The van der Waals surface area contributed by atoms with E-state index in [0.717, 1.165) is 23.1 Å². The predicted octanol–water partition coefficient (Wildman–Crippen LogP) is 3.11. The van der Waals surface area contributed by atoms with Crippen molar-refractivity contribution in [1.29, 1.82) is 0 Å². The van der Waals surface area contributed by atoms with Gasteiger partial charge in [0, 0.05) is 36.1 Å². The van der Waals surface area contributed by atoms with Crippen molar-refractivity contribution in [3.8, 4) is 5.75 Å². The molecule has 1 heterocycles. The predicted molar refractivity (Wildman–Crippen MR) is 126 cm³/mol. The summed E-state index contributed by atoms with van der Waals surface area (Å²) in [6, 6.07) is 16.6. The molecule has 0 bridgehead atoms. The Kier molecular flexibility index (Phi) is 7.81. The van der Waals surface area contributed by atoms with Gasteiger partial charge >= 0.3 is 0 Å². The van der Waals surface area contributed by atoms with Crippen LogP contribution in [0.25, 0.3) is 0 Å². The molecular weight excluding hydrogens is 404 g/mol. The van der Waals surface area contributed by atoms with Crippen LogP contribution in [0.1, 0.15) is 35.3 Å². The first-order valence-electron chi connectivity index (χ1n) is 10.6. The summed E-state index contributed by atoms with van der Waals surface area (Å²) in [4.78, 5) is 16.4. The molecule has 0 aliphatic carbocycles. The number of aliphatic hydroxyl groups is 1. The largest absolute Gasteiger partial charge is 0.508 e. The van der Waals surface area contributed by atoms with Gasteiger partial charge in [-0.3, -0.25) is 4.79 Å². The van der Waals surface area contributed by atoms with Gasteiger partial charge in [-0.25, -0.2) is 4.98 Å². The average molecular weight is 435 g/mol. The number of hydrogen-bond donors (Lipinski definition) is 5. The Bertz CT molecular complexity index is 1050. The Morgan fingerprint density at radius 2 is 1.91 bits per heavy atom. The van der Waals surface area contributed by atoms with Crippen molar-refractivity contribution >= 4 is 17.4 Å². The van der Waals surface area contributed by atoms with Crippen molar-refractivity contribution in [2.75, 3.05) is 17.6 Å². The number of rotatable bonds is 9. The Labute approximate surface area is 188 Å². The maximum absolute atomic E-state index is 12.4. The van der Waals surface area contributed by atoms with Gasteiger partial charge in [0.1, 0.15) is 11.6 Å². The fraction of sp³-hybridized carbons (Fsp3) is 0.280. The number of amides is 1. The number of aromatic hydroxyl groups is 1. The van der Waals surface area contributed by atoms with E-state index in [1.165, 1.54) is 0 Å². The molecule has 2 atom stereocenters.